The van der Waals surface area contributed by atoms with Gasteiger partial charge in [-0.3, -0.25) is 4.98 Å². The lowest BCUT2D eigenvalue weighted by atomic mass is 9.98. The van der Waals surface area contributed by atoms with Crippen molar-refractivity contribution in [3.05, 3.63) is 53.3 Å². The molecule has 4 heteroatoms. The number of anilines is 2. The summed E-state index contributed by atoms with van der Waals surface area (Å²) in [5, 5.41) is 13.8. The van der Waals surface area contributed by atoms with E-state index in [4.69, 9.17) is 5.73 Å². The SMILES string of the molecule is Nc1ccncc1C(O)c1cccc2c1NCC2. The largest absolute Gasteiger partial charge is 0.398 e. The predicted molar refractivity (Wildman–Crippen MR) is 71.3 cm³/mol. The minimum Gasteiger partial charge on any atom is -0.398 e. The van der Waals surface area contributed by atoms with E-state index in [1.807, 2.05) is 12.1 Å². The summed E-state index contributed by atoms with van der Waals surface area (Å²) in [7, 11) is 0. The predicted octanol–water partition coefficient (Wildman–Crippen LogP) is 1.71. The van der Waals surface area contributed by atoms with E-state index in [-0.39, 0.29) is 0 Å². The molecule has 0 radical (unpaired) electrons. The number of benzene rings is 1. The quantitative estimate of drug-likeness (QED) is 0.748. The fourth-order valence-electron chi connectivity index (χ4n) is 2.41. The Morgan fingerprint density at radius 1 is 1.28 bits per heavy atom. The molecule has 2 aromatic rings. The molecule has 0 amide bonds. The summed E-state index contributed by atoms with van der Waals surface area (Å²) in [6.07, 6.45) is 3.51. The molecule has 1 aliphatic heterocycles. The summed E-state index contributed by atoms with van der Waals surface area (Å²) in [6, 6.07) is 7.68. The molecule has 3 rings (SSSR count). The van der Waals surface area contributed by atoms with Crippen molar-refractivity contribution in [3.8, 4) is 0 Å². The van der Waals surface area contributed by atoms with Crippen molar-refractivity contribution in [2.75, 3.05) is 17.6 Å². The average Bonchev–Trinajstić information content (AvgIpc) is 2.86. The second-order valence-electron chi connectivity index (χ2n) is 4.47. The highest BCUT2D eigenvalue weighted by Gasteiger charge is 2.21. The standard InChI is InChI=1S/C14H15N3O/c15-12-5-6-16-8-11(12)14(18)10-3-1-2-9-4-7-17-13(9)10/h1-3,5-6,8,14,17-18H,4,7H2,(H2,15,16). The molecule has 0 aliphatic carbocycles. The second kappa shape index (κ2) is 4.31. The number of pyridine rings is 1. The maximum absolute atomic E-state index is 10.5. The first-order chi connectivity index (χ1) is 8.77. The van der Waals surface area contributed by atoms with Gasteiger partial charge in [-0.2, -0.15) is 0 Å². The number of aromatic nitrogens is 1. The summed E-state index contributed by atoms with van der Waals surface area (Å²) in [4.78, 5) is 4.03. The fourth-order valence-corrected chi connectivity index (χ4v) is 2.41. The van der Waals surface area contributed by atoms with Gasteiger partial charge in [-0.25, -0.2) is 0 Å². The van der Waals surface area contributed by atoms with Gasteiger partial charge in [0.15, 0.2) is 0 Å². The van der Waals surface area contributed by atoms with Gasteiger partial charge >= 0.3 is 0 Å². The van der Waals surface area contributed by atoms with Gasteiger partial charge in [0.25, 0.3) is 0 Å². The van der Waals surface area contributed by atoms with Crippen molar-refractivity contribution >= 4 is 11.4 Å². The van der Waals surface area contributed by atoms with Crippen LogP contribution in [0.1, 0.15) is 22.8 Å². The van der Waals surface area contributed by atoms with Crippen LogP contribution in [0.5, 0.6) is 0 Å². The normalized spacial score (nSPS) is 14.9. The van der Waals surface area contributed by atoms with Crippen LogP contribution in [0.3, 0.4) is 0 Å². The second-order valence-corrected chi connectivity index (χ2v) is 4.47. The Morgan fingerprint density at radius 3 is 3.00 bits per heavy atom. The maximum Gasteiger partial charge on any atom is 0.110 e. The van der Waals surface area contributed by atoms with E-state index >= 15 is 0 Å². The molecule has 0 spiro atoms. The first-order valence-corrected chi connectivity index (χ1v) is 6.00. The molecule has 2 heterocycles. The smallest absolute Gasteiger partial charge is 0.110 e. The Labute approximate surface area is 105 Å². The zero-order valence-corrected chi connectivity index (χ0v) is 9.93. The Hall–Kier alpha value is -2.07. The highest BCUT2D eigenvalue weighted by atomic mass is 16.3. The number of para-hydroxylation sites is 1. The van der Waals surface area contributed by atoms with Crippen LogP contribution in [0.25, 0.3) is 0 Å². The van der Waals surface area contributed by atoms with Crippen LogP contribution >= 0.6 is 0 Å². The van der Waals surface area contributed by atoms with E-state index in [0.29, 0.717) is 11.3 Å². The van der Waals surface area contributed by atoms with Gasteiger partial charge in [-0.05, 0) is 18.1 Å². The van der Waals surface area contributed by atoms with Gasteiger partial charge in [-0.15, -0.1) is 0 Å². The number of hydrogen-bond donors (Lipinski definition) is 3. The lowest BCUT2D eigenvalue weighted by Gasteiger charge is -2.16. The Morgan fingerprint density at radius 2 is 2.17 bits per heavy atom. The molecule has 1 aromatic carbocycles. The molecule has 0 bridgehead atoms. The molecule has 4 nitrogen and oxygen atoms in total. The van der Waals surface area contributed by atoms with Gasteiger partial charge < -0.3 is 16.2 Å². The third-order valence-electron chi connectivity index (χ3n) is 3.36. The lowest BCUT2D eigenvalue weighted by Crippen LogP contribution is -2.07. The number of nitrogens with zero attached hydrogens (tertiary/aromatic N) is 1. The Kier molecular flexibility index (Phi) is 2.64. The number of aliphatic hydroxyl groups is 1. The molecule has 1 unspecified atom stereocenters. The minimum atomic E-state index is -0.737. The maximum atomic E-state index is 10.5. The Bertz CT molecular complexity index is 583. The van der Waals surface area contributed by atoms with E-state index in [0.717, 1.165) is 24.2 Å². The van der Waals surface area contributed by atoms with Gasteiger partial charge in [0, 0.05) is 41.4 Å². The van der Waals surface area contributed by atoms with E-state index in [2.05, 4.69) is 16.4 Å². The third kappa shape index (κ3) is 1.71. The van der Waals surface area contributed by atoms with Crippen LogP contribution in [-0.2, 0) is 6.42 Å². The number of rotatable bonds is 2. The van der Waals surface area contributed by atoms with Crippen LogP contribution in [0.15, 0.2) is 36.7 Å². The number of aliphatic hydroxyl groups excluding tert-OH is 1. The molecule has 0 fully saturated rings. The summed E-state index contributed by atoms with van der Waals surface area (Å²) in [5.74, 6) is 0. The highest BCUT2D eigenvalue weighted by Crippen LogP contribution is 2.35. The van der Waals surface area contributed by atoms with E-state index < -0.39 is 6.10 Å². The van der Waals surface area contributed by atoms with E-state index in [9.17, 15) is 5.11 Å². The van der Waals surface area contributed by atoms with Crippen molar-refractivity contribution in [2.24, 2.45) is 0 Å². The topological polar surface area (TPSA) is 71.2 Å². The van der Waals surface area contributed by atoms with Gasteiger partial charge in [0.05, 0.1) is 0 Å². The zero-order valence-electron chi connectivity index (χ0n) is 9.93. The van der Waals surface area contributed by atoms with Crippen molar-refractivity contribution in [2.45, 2.75) is 12.5 Å². The summed E-state index contributed by atoms with van der Waals surface area (Å²) in [6.45, 7) is 0.918. The van der Waals surface area contributed by atoms with Crippen LogP contribution in [-0.4, -0.2) is 16.6 Å². The molecule has 4 N–H and O–H groups in total. The summed E-state index contributed by atoms with van der Waals surface area (Å²) >= 11 is 0. The van der Waals surface area contributed by atoms with Crippen molar-refractivity contribution < 1.29 is 5.11 Å². The molecule has 1 aliphatic rings. The fraction of sp³-hybridized carbons (Fsp3) is 0.214. The molecular weight excluding hydrogens is 226 g/mol. The number of fused-ring (bicyclic) bond motifs is 1. The van der Waals surface area contributed by atoms with Crippen LogP contribution in [0, 0.1) is 0 Å². The molecule has 0 saturated heterocycles. The number of nitrogens with two attached hydrogens (primary N) is 1. The molecule has 1 aromatic heterocycles. The van der Waals surface area contributed by atoms with E-state index in [1.54, 1.807) is 18.5 Å². The summed E-state index contributed by atoms with van der Waals surface area (Å²) < 4.78 is 0. The van der Waals surface area contributed by atoms with Crippen LogP contribution in [0.2, 0.25) is 0 Å². The van der Waals surface area contributed by atoms with Crippen LogP contribution < -0.4 is 11.1 Å². The van der Waals surface area contributed by atoms with Crippen molar-refractivity contribution in [3.63, 3.8) is 0 Å². The van der Waals surface area contributed by atoms with E-state index in [1.165, 1.54) is 5.56 Å². The zero-order chi connectivity index (χ0) is 12.5. The van der Waals surface area contributed by atoms with Gasteiger partial charge in [-0.1, -0.05) is 18.2 Å². The first-order valence-electron chi connectivity index (χ1n) is 6.00. The monoisotopic (exact) mass is 241 g/mol. The lowest BCUT2D eigenvalue weighted by molar-refractivity contribution is 0.221. The van der Waals surface area contributed by atoms with Gasteiger partial charge in [0.1, 0.15) is 6.10 Å². The first kappa shape index (κ1) is 11.0. The van der Waals surface area contributed by atoms with Crippen LogP contribution in [0.4, 0.5) is 11.4 Å². The molecule has 92 valence electrons. The molecule has 0 saturated carbocycles. The molecular formula is C14H15N3O. The minimum absolute atomic E-state index is 0.563. The third-order valence-corrected chi connectivity index (χ3v) is 3.36. The summed E-state index contributed by atoms with van der Waals surface area (Å²) in [5.41, 5.74) is 10.2. The van der Waals surface area contributed by atoms with Crippen molar-refractivity contribution in [1.82, 2.24) is 4.98 Å². The number of nitrogens with one attached hydrogen (secondary N) is 1. The van der Waals surface area contributed by atoms with Crippen molar-refractivity contribution in [1.29, 1.82) is 0 Å². The number of hydrogen-bond acceptors (Lipinski definition) is 4. The van der Waals surface area contributed by atoms with Gasteiger partial charge in [0.2, 0.25) is 0 Å². The number of nitrogen functional groups attached to an aromatic ring is 1. The molecule has 1 atom stereocenters. The highest BCUT2D eigenvalue weighted by molar-refractivity contribution is 5.64. The molecule has 18 heavy (non-hydrogen) atoms. The Balaban J connectivity index is 2.06. The average molecular weight is 241 g/mol.